The van der Waals surface area contributed by atoms with E-state index < -0.39 is 12.0 Å². The summed E-state index contributed by atoms with van der Waals surface area (Å²) in [6.07, 6.45) is 0.878. The first kappa shape index (κ1) is 27.2. The zero-order valence-corrected chi connectivity index (χ0v) is 23.6. The second-order valence-electron chi connectivity index (χ2n) is 9.74. The molecule has 2 N–H and O–H groups in total. The summed E-state index contributed by atoms with van der Waals surface area (Å²) in [7, 11) is 3.77. The maximum atomic E-state index is 13.4. The molecule has 0 saturated carbocycles. The van der Waals surface area contributed by atoms with Crippen molar-refractivity contribution in [1.29, 1.82) is 0 Å². The Morgan fingerprint density at radius 3 is 2.64 bits per heavy atom. The van der Waals surface area contributed by atoms with Crippen molar-refractivity contribution in [1.82, 2.24) is 14.8 Å². The predicted molar refractivity (Wildman–Crippen MR) is 153 cm³/mol. The van der Waals surface area contributed by atoms with Crippen LogP contribution in [0.1, 0.15) is 38.0 Å². The van der Waals surface area contributed by atoms with E-state index >= 15 is 0 Å². The molecule has 5 rings (SSSR count). The van der Waals surface area contributed by atoms with Crippen LogP contribution in [0.4, 0.5) is 0 Å². The highest BCUT2D eigenvalue weighted by Gasteiger charge is 2.22. The molecule has 0 bridgehead atoms. The number of amides is 1. The first-order valence-corrected chi connectivity index (χ1v) is 13.8. The number of carbonyl (C=O) groups is 1. The number of fused-ring (bicyclic) bond motifs is 2. The molecule has 1 aliphatic heterocycles. The minimum atomic E-state index is -0.720. The Morgan fingerprint density at radius 2 is 1.90 bits per heavy atom. The maximum Gasteiger partial charge on any atom is 0.257 e. The molecule has 8 nitrogen and oxygen atoms in total. The van der Waals surface area contributed by atoms with Gasteiger partial charge in [0.05, 0.1) is 16.3 Å². The maximum absolute atomic E-state index is 13.4. The molecule has 2 aromatic heterocycles. The lowest BCUT2D eigenvalue weighted by molar-refractivity contribution is 0.0949. The Kier molecular flexibility index (Phi) is 7.95. The summed E-state index contributed by atoms with van der Waals surface area (Å²) in [5.74, 6) is 0.912. The number of aliphatic hydroxyl groups is 1. The normalized spacial score (nSPS) is 13.6. The van der Waals surface area contributed by atoms with Crippen molar-refractivity contribution in [3.63, 3.8) is 0 Å². The molecule has 0 saturated heterocycles. The number of nitrogens with one attached hydrogen (secondary N) is 1. The number of aromatic nitrogens is 1. The predicted octanol–water partition coefficient (Wildman–Crippen LogP) is 4.43. The molecule has 1 atom stereocenters. The summed E-state index contributed by atoms with van der Waals surface area (Å²) in [6, 6.07) is 12.7. The minimum absolute atomic E-state index is 0.106. The van der Waals surface area contributed by atoms with Gasteiger partial charge in [0, 0.05) is 42.8 Å². The van der Waals surface area contributed by atoms with Gasteiger partial charge in [-0.25, -0.2) is 0 Å². The highest BCUT2D eigenvalue weighted by Crippen LogP contribution is 2.33. The molecule has 0 radical (unpaired) electrons. The number of hydrogen-bond donors (Lipinski definition) is 2. The van der Waals surface area contributed by atoms with Crippen molar-refractivity contribution in [2.75, 3.05) is 26.8 Å². The Labute approximate surface area is 235 Å². The molecule has 2 aromatic carbocycles. The van der Waals surface area contributed by atoms with Crippen molar-refractivity contribution in [2.45, 2.75) is 26.1 Å². The number of nitrogens with zero attached hydrogens (tertiary/aromatic N) is 2. The highest BCUT2D eigenvalue weighted by atomic mass is 35.5. The van der Waals surface area contributed by atoms with Crippen LogP contribution < -0.4 is 20.2 Å². The molecule has 0 spiro atoms. The van der Waals surface area contributed by atoms with Gasteiger partial charge in [-0.3, -0.25) is 14.5 Å². The summed E-state index contributed by atoms with van der Waals surface area (Å²) in [4.78, 5) is 29.3. The van der Waals surface area contributed by atoms with Gasteiger partial charge in [0.2, 0.25) is 5.43 Å². The number of thiophene rings is 1. The smallest absolute Gasteiger partial charge is 0.257 e. The van der Waals surface area contributed by atoms with Gasteiger partial charge in [-0.15, -0.1) is 11.3 Å². The lowest BCUT2D eigenvalue weighted by Gasteiger charge is -2.23. The molecule has 1 amide bonds. The largest absolute Gasteiger partial charge is 0.486 e. The number of carbonyl (C=O) groups excluding carboxylic acids is 1. The van der Waals surface area contributed by atoms with Crippen LogP contribution in [-0.2, 0) is 20.1 Å². The molecule has 39 heavy (non-hydrogen) atoms. The fraction of sp³-hybridized carbons (Fsp3) is 0.310. The number of aryl methyl sites for hydroxylation is 2. The lowest BCUT2D eigenvalue weighted by Crippen LogP contribution is -2.29. The fourth-order valence-corrected chi connectivity index (χ4v) is 6.24. The van der Waals surface area contributed by atoms with E-state index in [9.17, 15) is 14.7 Å². The average Bonchev–Trinajstić information content (AvgIpc) is 3.26. The highest BCUT2D eigenvalue weighted by molar-refractivity contribution is 7.19. The number of aliphatic hydroxyl groups excluding tert-OH is 1. The Morgan fingerprint density at radius 1 is 1.18 bits per heavy atom. The molecule has 4 aromatic rings. The van der Waals surface area contributed by atoms with E-state index in [0.29, 0.717) is 54.1 Å². The van der Waals surface area contributed by atoms with Crippen LogP contribution in [0.5, 0.6) is 11.5 Å². The fourth-order valence-electron chi connectivity index (χ4n) is 4.74. The zero-order chi connectivity index (χ0) is 27.7. The van der Waals surface area contributed by atoms with Gasteiger partial charge in [-0.05, 0) is 54.9 Å². The topological polar surface area (TPSA) is 93.0 Å². The number of rotatable bonds is 8. The van der Waals surface area contributed by atoms with Crippen LogP contribution in [-0.4, -0.2) is 47.3 Å². The van der Waals surface area contributed by atoms with Gasteiger partial charge in [0.15, 0.2) is 11.5 Å². The van der Waals surface area contributed by atoms with Crippen LogP contribution in [0, 0.1) is 6.92 Å². The summed E-state index contributed by atoms with van der Waals surface area (Å²) in [5.41, 5.74) is 3.27. The number of likely N-dealkylation sites (N-methyl/N-ethyl adjacent to an activating group) is 1. The number of hydrogen-bond acceptors (Lipinski definition) is 7. The molecule has 3 heterocycles. The summed E-state index contributed by atoms with van der Waals surface area (Å²) >= 11 is 7.33. The standard InChI is InChI=1S/C29H30ClN3O5S/c1-17-25(16-32(2)15-22(34)19-6-9-23-24(12-19)38-11-10-37-23)39-28-26(17)33(3)14-21(27(28)35)29(36)31-13-18-4-7-20(30)8-5-18/h4-9,12,14,22,34H,10-11,13,15-16H2,1-3H3,(H,31,36). The molecular formula is C29H30ClN3O5S. The van der Waals surface area contributed by atoms with Crippen LogP contribution in [0.15, 0.2) is 53.5 Å². The second kappa shape index (κ2) is 11.4. The third kappa shape index (κ3) is 5.81. The zero-order valence-electron chi connectivity index (χ0n) is 22.0. The Bertz CT molecular complexity index is 1580. The lowest BCUT2D eigenvalue weighted by atomic mass is 10.1. The Balaban J connectivity index is 1.31. The van der Waals surface area contributed by atoms with Crippen molar-refractivity contribution in [3.8, 4) is 11.5 Å². The number of pyridine rings is 1. The van der Waals surface area contributed by atoms with Crippen molar-refractivity contribution in [2.24, 2.45) is 7.05 Å². The van der Waals surface area contributed by atoms with E-state index in [2.05, 4.69) is 5.32 Å². The molecule has 204 valence electrons. The number of ether oxygens (including phenoxy) is 2. The van der Waals surface area contributed by atoms with Crippen molar-refractivity contribution in [3.05, 3.63) is 91.0 Å². The molecular weight excluding hydrogens is 538 g/mol. The molecule has 0 fully saturated rings. The van der Waals surface area contributed by atoms with Gasteiger partial charge in [-0.2, -0.15) is 0 Å². The van der Waals surface area contributed by atoms with Crippen molar-refractivity contribution >= 4 is 39.1 Å². The van der Waals surface area contributed by atoms with E-state index in [-0.39, 0.29) is 11.0 Å². The van der Waals surface area contributed by atoms with Crippen molar-refractivity contribution < 1.29 is 19.4 Å². The van der Waals surface area contributed by atoms with E-state index in [1.165, 1.54) is 11.3 Å². The second-order valence-corrected chi connectivity index (χ2v) is 11.3. The van der Waals surface area contributed by atoms with Crippen LogP contribution in [0.3, 0.4) is 0 Å². The molecule has 1 aliphatic rings. The third-order valence-electron chi connectivity index (χ3n) is 6.80. The van der Waals surface area contributed by atoms with Crippen LogP contribution >= 0.6 is 22.9 Å². The summed E-state index contributed by atoms with van der Waals surface area (Å²) in [6.45, 7) is 4.22. The van der Waals surface area contributed by atoms with Crippen LogP contribution in [0.25, 0.3) is 10.2 Å². The molecule has 0 aliphatic carbocycles. The summed E-state index contributed by atoms with van der Waals surface area (Å²) in [5, 5.41) is 14.3. The van der Waals surface area contributed by atoms with Gasteiger partial charge >= 0.3 is 0 Å². The molecule has 1 unspecified atom stereocenters. The quantitative estimate of drug-likeness (QED) is 0.327. The third-order valence-corrected chi connectivity index (χ3v) is 8.32. The van der Waals surface area contributed by atoms with E-state index in [4.69, 9.17) is 21.1 Å². The van der Waals surface area contributed by atoms with Gasteiger partial charge in [-0.1, -0.05) is 29.8 Å². The van der Waals surface area contributed by atoms with E-state index in [1.54, 1.807) is 18.3 Å². The first-order chi connectivity index (χ1) is 18.7. The molecule has 10 heteroatoms. The SMILES string of the molecule is Cc1c(CN(C)CC(O)c2ccc3c(c2)OCCO3)sc2c(=O)c(C(=O)NCc3ccc(Cl)cc3)cn(C)c12. The average molecular weight is 568 g/mol. The van der Waals surface area contributed by atoms with E-state index in [1.807, 2.05) is 60.8 Å². The minimum Gasteiger partial charge on any atom is -0.486 e. The Hall–Kier alpha value is -3.37. The number of halogens is 1. The first-order valence-electron chi connectivity index (χ1n) is 12.6. The summed E-state index contributed by atoms with van der Waals surface area (Å²) < 4.78 is 13.6. The van der Waals surface area contributed by atoms with Gasteiger partial charge < -0.3 is 24.5 Å². The van der Waals surface area contributed by atoms with Gasteiger partial charge in [0.1, 0.15) is 18.8 Å². The van der Waals surface area contributed by atoms with Gasteiger partial charge in [0.25, 0.3) is 5.91 Å². The number of benzene rings is 2. The van der Waals surface area contributed by atoms with Crippen LogP contribution in [0.2, 0.25) is 5.02 Å². The monoisotopic (exact) mass is 567 g/mol. The van der Waals surface area contributed by atoms with E-state index in [0.717, 1.165) is 27.1 Å².